The summed E-state index contributed by atoms with van der Waals surface area (Å²) in [5, 5.41) is 0. The predicted molar refractivity (Wildman–Crippen MR) is 105 cm³/mol. The molecule has 0 radical (unpaired) electrons. The number of benzene rings is 2. The third-order valence-corrected chi connectivity index (χ3v) is 6.45. The van der Waals surface area contributed by atoms with E-state index in [9.17, 15) is 9.59 Å². The van der Waals surface area contributed by atoms with Crippen LogP contribution in [0.25, 0.3) is 10.2 Å². The highest BCUT2D eigenvalue weighted by Crippen LogP contribution is 2.31. The molecule has 2 heterocycles. The highest BCUT2D eigenvalue weighted by Gasteiger charge is 2.35. The second-order valence-corrected chi connectivity index (χ2v) is 8.56. The minimum atomic E-state index is -0.804. The summed E-state index contributed by atoms with van der Waals surface area (Å²) in [6.07, 6.45) is -0.611. The van der Waals surface area contributed by atoms with Crippen molar-refractivity contribution in [3.63, 3.8) is 0 Å². The van der Waals surface area contributed by atoms with Crippen molar-refractivity contribution in [3.05, 3.63) is 59.7 Å². The minimum Gasteiger partial charge on any atom is -0.460 e. The Bertz CT molecular complexity index is 950. The molecule has 138 valence electrons. The van der Waals surface area contributed by atoms with E-state index in [1.165, 1.54) is 4.70 Å². The number of hydrogen-bond donors (Lipinski definition) is 0. The summed E-state index contributed by atoms with van der Waals surface area (Å²) < 4.78 is 12.5. The number of nitrogens with zero attached hydrogens (tertiary/aromatic N) is 1. The third-order valence-electron chi connectivity index (χ3n) is 4.20. The van der Waals surface area contributed by atoms with Crippen LogP contribution in [-0.2, 0) is 20.0 Å². The van der Waals surface area contributed by atoms with Gasteiger partial charge in [-0.15, -0.1) is 11.3 Å². The zero-order valence-electron chi connectivity index (χ0n) is 14.6. The molecule has 27 heavy (non-hydrogen) atoms. The number of ether oxygens (including phenoxy) is 2. The fourth-order valence-corrected chi connectivity index (χ4v) is 4.83. The molecule has 1 saturated heterocycles. The van der Waals surface area contributed by atoms with E-state index in [1.807, 2.05) is 30.3 Å². The molecule has 0 N–H and O–H groups in total. The zero-order valence-corrected chi connectivity index (χ0v) is 16.2. The third kappa shape index (κ3) is 4.14. The average molecular weight is 399 g/mol. The number of para-hydroxylation sites is 1. The SMILES string of the molecule is C[C@H]1C[C@H](OC(=O)c2ccc(CSc3nc4ccccc4s3)cc2)C(=O)O1. The van der Waals surface area contributed by atoms with Crippen molar-refractivity contribution in [2.24, 2.45) is 0 Å². The molecular formula is C20H17NO4S2. The number of thioether (sulfide) groups is 1. The van der Waals surface area contributed by atoms with Gasteiger partial charge in [-0.05, 0) is 36.8 Å². The highest BCUT2D eigenvalue weighted by atomic mass is 32.2. The first-order valence-corrected chi connectivity index (χ1v) is 10.4. The van der Waals surface area contributed by atoms with Crippen LogP contribution in [0.1, 0.15) is 29.3 Å². The van der Waals surface area contributed by atoms with Crippen molar-refractivity contribution >= 4 is 45.3 Å². The first-order valence-electron chi connectivity index (χ1n) is 8.57. The summed E-state index contributed by atoms with van der Waals surface area (Å²) in [6.45, 7) is 1.78. The van der Waals surface area contributed by atoms with Gasteiger partial charge < -0.3 is 9.47 Å². The topological polar surface area (TPSA) is 65.5 Å². The lowest BCUT2D eigenvalue weighted by Crippen LogP contribution is -2.22. The molecule has 5 nitrogen and oxygen atoms in total. The van der Waals surface area contributed by atoms with Gasteiger partial charge in [-0.1, -0.05) is 36.0 Å². The standard InChI is InChI=1S/C20H17NO4S2/c1-12-10-16(19(23)24-12)25-18(22)14-8-6-13(7-9-14)11-26-20-21-15-4-2-3-5-17(15)27-20/h2-9,12,16H,10-11H2,1H3/t12-,16-/m0/s1. The van der Waals surface area contributed by atoms with Gasteiger partial charge in [-0.25, -0.2) is 14.6 Å². The van der Waals surface area contributed by atoms with E-state index in [-0.39, 0.29) is 6.10 Å². The van der Waals surface area contributed by atoms with E-state index < -0.39 is 18.0 Å². The second kappa shape index (κ2) is 7.70. The number of thiazole rings is 1. The van der Waals surface area contributed by atoms with Crippen molar-refractivity contribution in [2.45, 2.75) is 35.6 Å². The number of esters is 2. The van der Waals surface area contributed by atoms with Crippen LogP contribution < -0.4 is 0 Å². The number of carbonyl (C=O) groups is 2. The van der Waals surface area contributed by atoms with Gasteiger partial charge in [0.1, 0.15) is 6.10 Å². The Morgan fingerprint density at radius 3 is 2.74 bits per heavy atom. The van der Waals surface area contributed by atoms with Crippen LogP contribution in [0.2, 0.25) is 0 Å². The molecule has 1 aliphatic rings. The maximum atomic E-state index is 12.2. The van der Waals surface area contributed by atoms with Gasteiger partial charge in [-0.2, -0.15) is 0 Å². The molecule has 2 atom stereocenters. The van der Waals surface area contributed by atoms with Gasteiger partial charge in [0.15, 0.2) is 4.34 Å². The lowest BCUT2D eigenvalue weighted by Gasteiger charge is -2.08. The Kier molecular flexibility index (Phi) is 5.13. The molecule has 3 aromatic rings. The van der Waals surface area contributed by atoms with Gasteiger partial charge in [0, 0.05) is 12.2 Å². The Hall–Kier alpha value is -2.38. The van der Waals surface area contributed by atoms with Gasteiger partial charge in [0.05, 0.1) is 15.8 Å². The van der Waals surface area contributed by atoms with Gasteiger partial charge in [0.25, 0.3) is 0 Å². The minimum absolute atomic E-state index is 0.211. The van der Waals surface area contributed by atoms with Crippen LogP contribution in [0.15, 0.2) is 52.9 Å². The molecule has 1 fully saturated rings. The summed E-state index contributed by atoms with van der Waals surface area (Å²) in [5.41, 5.74) is 2.53. The molecule has 0 saturated carbocycles. The number of carbonyl (C=O) groups excluding carboxylic acids is 2. The fraction of sp³-hybridized carbons (Fsp3) is 0.250. The molecule has 2 aromatic carbocycles. The molecule has 0 spiro atoms. The van der Waals surface area contributed by atoms with Crippen LogP contribution in [0.3, 0.4) is 0 Å². The van der Waals surface area contributed by atoms with E-state index in [4.69, 9.17) is 9.47 Å². The molecular weight excluding hydrogens is 382 g/mol. The lowest BCUT2D eigenvalue weighted by atomic mass is 10.1. The van der Waals surface area contributed by atoms with Crippen LogP contribution in [-0.4, -0.2) is 29.1 Å². The number of cyclic esters (lactones) is 1. The van der Waals surface area contributed by atoms with E-state index in [0.717, 1.165) is 21.2 Å². The lowest BCUT2D eigenvalue weighted by molar-refractivity contribution is -0.147. The molecule has 4 rings (SSSR count). The molecule has 7 heteroatoms. The van der Waals surface area contributed by atoms with E-state index in [2.05, 4.69) is 11.1 Å². The second-order valence-electron chi connectivity index (χ2n) is 6.31. The molecule has 0 unspecified atom stereocenters. The van der Waals surface area contributed by atoms with Crippen molar-refractivity contribution in [1.82, 2.24) is 4.98 Å². The Morgan fingerprint density at radius 1 is 1.26 bits per heavy atom. The Morgan fingerprint density at radius 2 is 2.04 bits per heavy atom. The summed E-state index contributed by atoms with van der Waals surface area (Å²) in [5.74, 6) is -0.210. The number of hydrogen-bond acceptors (Lipinski definition) is 7. The van der Waals surface area contributed by atoms with Crippen LogP contribution >= 0.6 is 23.1 Å². The molecule has 1 aromatic heterocycles. The summed E-state index contributed by atoms with van der Waals surface area (Å²) >= 11 is 3.35. The van der Waals surface area contributed by atoms with Crippen molar-refractivity contribution in [2.75, 3.05) is 0 Å². The van der Waals surface area contributed by atoms with Crippen LogP contribution in [0.4, 0.5) is 0 Å². The predicted octanol–water partition coefficient (Wildman–Crippen LogP) is 4.45. The van der Waals surface area contributed by atoms with Gasteiger partial charge >= 0.3 is 11.9 Å². The smallest absolute Gasteiger partial charge is 0.347 e. The first kappa shape index (κ1) is 18.0. The molecule has 1 aliphatic heterocycles. The van der Waals surface area contributed by atoms with Gasteiger partial charge in [0.2, 0.25) is 6.10 Å². The molecule has 0 bridgehead atoms. The largest absolute Gasteiger partial charge is 0.460 e. The fourth-order valence-electron chi connectivity index (χ4n) is 2.81. The first-order chi connectivity index (χ1) is 13.1. The Labute approximate surface area is 164 Å². The molecule has 0 amide bonds. The summed E-state index contributed by atoms with van der Waals surface area (Å²) in [7, 11) is 0. The maximum absolute atomic E-state index is 12.2. The quantitative estimate of drug-likeness (QED) is 0.466. The zero-order chi connectivity index (χ0) is 18.8. The number of fused-ring (bicyclic) bond motifs is 1. The summed E-state index contributed by atoms with van der Waals surface area (Å²) in [4.78, 5) is 28.4. The normalized spacial score (nSPS) is 19.2. The summed E-state index contributed by atoms with van der Waals surface area (Å²) in [6, 6.07) is 15.3. The van der Waals surface area contributed by atoms with Crippen molar-refractivity contribution in [1.29, 1.82) is 0 Å². The van der Waals surface area contributed by atoms with E-state index in [0.29, 0.717) is 12.0 Å². The average Bonchev–Trinajstić information content (AvgIpc) is 3.22. The van der Waals surface area contributed by atoms with Gasteiger partial charge in [-0.3, -0.25) is 0 Å². The molecule has 0 aliphatic carbocycles. The highest BCUT2D eigenvalue weighted by molar-refractivity contribution is 8.00. The van der Waals surface area contributed by atoms with Crippen molar-refractivity contribution in [3.8, 4) is 0 Å². The maximum Gasteiger partial charge on any atom is 0.347 e. The Balaban J connectivity index is 1.35. The van der Waals surface area contributed by atoms with E-state index >= 15 is 0 Å². The van der Waals surface area contributed by atoms with Crippen molar-refractivity contribution < 1.29 is 19.1 Å². The van der Waals surface area contributed by atoms with Crippen LogP contribution in [0, 0.1) is 0 Å². The number of rotatable bonds is 5. The van der Waals surface area contributed by atoms with Crippen LogP contribution in [0.5, 0.6) is 0 Å². The monoisotopic (exact) mass is 399 g/mol. The number of aromatic nitrogens is 1. The van der Waals surface area contributed by atoms with E-state index in [1.54, 1.807) is 42.2 Å².